The fourth-order valence-corrected chi connectivity index (χ4v) is 4.89. The summed E-state index contributed by atoms with van der Waals surface area (Å²) >= 11 is 0. The van der Waals surface area contributed by atoms with Crippen molar-refractivity contribution in [3.63, 3.8) is 0 Å². The van der Waals surface area contributed by atoms with Crippen LogP contribution >= 0.6 is 0 Å². The Morgan fingerprint density at radius 3 is 2.83 bits per heavy atom. The van der Waals surface area contributed by atoms with Crippen LogP contribution < -0.4 is 9.47 Å². The number of carbonyl (C=O) groups excluding carboxylic acids is 2. The molecule has 2 aromatic carbocycles. The van der Waals surface area contributed by atoms with Crippen molar-refractivity contribution >= 4 is 17.6 Å². The average molecular weight is 482 g/mol. The minimum absolute atomic E-state index is 0.116. The Hall–Kier alpha value is -3.46. The maximum atomic E-state index is 14.6. The summed E-state index contributed by atoms with van der Waals surface area (Å²) in [7, 11) is 0. The summed E-state index contributed by atoms with van der Waals surface area (Å²) in [5.74, 6) is 0.226. The lowest BCUT2D eigenvalue weighted by atomic mass is 9.97. The second kappa shape index (κ2) is 10.0. The van der Waals surface area contributed by atoms with Gasteiger partial charge in [-0.3, -0.25) is 14.5 Å². The third-order valence-electron chi connectivity index (χ3n) is 6.62. The number of hydrogen-bond donors (Lipinski definition) is 0. The van der Waals surface area contributed by atoms with E-state index in [1.807, 2.05) is 23.1 Å². The monoisotopic (exact) mass is 481 g/mol. The van der Waals surface area contributed by atoms with Gasteiger partial charge in [-0.25, -0.2) is 9.40 Å². The number of hydrogen-bond acceptors (Lipinski definition) is 7. The second-order valence-electron chi connectivity index (χ2n) is 8.92. The first-order valence-corrected chi connectivity index (χ1v) is 12.0. The van der Waals surface area contributed by atoms with E-state index >= 15 is 0 Å². The molecule has 9 heteroatoms. The largest absolute Gasteiger partial charge is 0.466 e. The number of carbonyl (C=O) groups is 2. The molecule has 35 heavy (non-hydrogen) atoms. The summed E-state index contributed by atoms with van der Waals surface area (Å²) in [5, 5.41) is 6.04. The van der Waals surface area contributed by atoms with Crippen LogP contribution in [0.25, 0.3) is 0 Å². The van der Waals surface area contributed by atoms with Crippen molar-refractivity contribution in [3.8, 4) is 11.5 Å². The number of amides is 1. The summed E-state index contributed by atoms with van der Waals surface area (Å²) in [6, 6.07) is 11.6. The minimum Gasteiger partial charge on any atom is -0.466 e. The topological polar surface area (TPSA) is 80.7 Å². The number of benzene rings is 2. The van der Waals surface area contributed by atoms with Crippen molar-refractivity contribution < 1.29 is 28.2 Å². The third-order valence-corrected chi connectivity index (χ3v) is 6.62. The molecule has 0 aromatic heterocycles. The van der Waals surface area contributed by atoms with E-state index in [0.29, 0.717) is 48.9 Å². The molecule has 0 saturated carbocycles. The first kappa shape index (κ1) is 23.3. The van der Waals surface area contributed by atoms with E-state index in [4.69, 9.17) is 14.2 Å². The van der Waals surface area contributed by atoms with Crippen LogP contribution in [-0.4, -0.2) is 60.5 Å². The fraction of sp³-hybridized carbons (Fsp3) is 0.423. The van der Waals surface area contributed by atoms with Gasteiger partial charge in [0.15, 0.2) is 11.5 Å². The smallest absolute Gasteiger partial charge is 0.310 e. The van der Waals surface area contributed by atoms with Gasteiger partial charge < -0.3 is 14.2 Å². The van der Waals surface area contributed by atoms with Crippen LogP contribution in [0.2, 0.25) is 0 Å². The normalized spacial score (nSPS) is 21.7. The molecule has 2 aromatic rings. The summed E-state index contributed by atoms with van der Waals surface area (Å²) in [5.41, 5.74) is 1.73. The number of hydrazone groups is 1. The van der Waals surface area contributed by atoms with Gasteiger partial charge in [0.05, 0.1) is 30.8 Å². The summed E-state index contributed by atoms with van der Waals surface area (Å²) in [6.45, 7) is 3.58. The first-order chi connectivity index (χ1) is 17.0. The molecule has 1 fully saturated rings. The van der Waals surface area contributed by atoms with Crippen LogP contribution in [0.5, 0.6) is 11.5 Å². The van der Waals surface area contributed by atoms with Crippen molar-refractivity contribution in [3.05, 3.63) is 59.4 Å². The van der Waals surface area contributed by atoms with Gasteiger partial charge in [0.1, 0.15) is 5.82 Å². The molecule has 0 N–H and O–H groups in total. The van der Waals surface area contributed by atoms with Crippen LogP contribution in [0.3, 0.4) is 0 Å². The van der Waals surface area contributed by atoms with Gasteiger partial charge in [-0.1, -0.05) is 24.3 Å². The van der Waals surface area contributed by atoms with Crippen molar-refractivity contribution in [1.29, 1.82) is 0 Å². The van der Waals surface area contributed by atoms with Crippen LogP contribution in [0, 0.1) is 11.7 Å². The molecule has 0 aliphatic carbocycles. The van der Waals surface area contributed by atoms with Gasteiger partial charge in [-0.05, 0) is 50.1 Å². The van der Waals surface area contributed by atoms with Crippen LogP contribution in [0.15, 0.2) is 47.6 Å². The standard InChI is InChI=1S/C26H28FN3O5/c1-2-33-26(32)18-6-5-11-29(14-18)15-25(31)30-22(17-9-10-23-24(12-17)35-16-34-23)13-21(28-30)19-7-3-4-8-20(19)27/h3-4,7-10,12,18,22H,2,5-6,11,13-16H2,1H3/t18-,22+/m0/s1. The molecular weight excluding hydrogens is 453 g/mol. The predicted molar refractivity (Wildman–Crippen MR) is 126 cm³/mol. The molecule has 0 bridgehead atoms. The number of fused-ring (bicyclic) bond motifs is 1. The quantitative estimate of drug-likeness (QED) is 0.588. The molecule has 184 valence electrons. The van der Waals surface area contributed by atoms with E-state index in [0.717, 1.165) is 18.4 Å². The van der Waals surface area contributed by atoms with Crippen molar-refractivity contribution in [1.82, 2.24) is 9.91 Å². The summed E-state index contributed by atoms with van der Waals surface area (Å²) in [4.78, 5) is 27.7. The Kier molecular flexibility index (Phi) is 6.68. The lowest BCUT2D eigenvalue weighted by Crippen LogP contribution is -2.44. The molecule has 1 saturated heterocycles. The molecule has 1 amide bonds. The zero-order chi connectivity index (χ0) is 24.4. The SMILES string of the molecule is CCOC(=O)[C@H]1CCCN(CC(=O)N2N=C(c3ccccc3F)C[C@@H]2c2ccc3c(c2)OCO3)C1. The Morgan fingerprint density at radius 2 is 2.00 bits per heavy atom. The van der Waals surface area contributed by atoms with Gasteiger partial charge in [0.2, 0.25) is 6.79 Å². The van der Waals surface area contributed by atoms with E-state index < -0.39 is 6.04 Å². The summed E-state index contributed by atoms with van der Waals surface area (Å²) < 4.78 is 30.7. The van der Waals surface area contributed by atoms with Crippen molar-refractivity contribution in [2.45, 2.75) is 32.2 Å². The molecule has 0 radical (unpaired) electrons. The lowest BCUT2D eigenvalue weighted by Gasteiger charge is -2.32. The van der Waals surface area contributed by atoms with Gasteiger partial charge in [0, 0.05) is 18.5 Å². The Morgan fingerprint density at radius 1 is 1.17 bits per heavy atom. The number of esters is 1. The molecule has 2 atom stereocenters. The maximum Gasteiger partial charge on any atom is 0.310 e. The fourth-order valence-electron chi connectivity index (χ4n) is 4.89. The molecular formula is C26H28FN3O5. The molecule has 5 rings (SSSR count). The molecule has 3 aliphatic rings. The zero-order valence-electron chi connectivity index (χ0n) is 19.6. The number of ether oxygens (including phenoxy) is 3. The third kappa shape index (κ3) is 4.86. The molecule has 0 spiro atoms. The highest BCUT2D eigenvalue weighted by Crippen LogP contribution is 2.39. The number of rotatable bonds is 6. The number of piperidine rings is 1. The minimum atomic E-state index is -0.405. The van der Waals surface area contributed by atoms with Crippen LogP contribution in [-0.2, 0) is 14.3 Å². The lowest BCUT2D eigenvalue weighted by molar-refractivity contribution is -0.150. The second-order valence-corrected chi connectivity index (χ2v) is 8.92. The van der Waals surface area contributed by atoms with E-state index in [2.05, 4.69) is 5.10 Å². The highest BCUT2D eigenvalue weighted by Gasteiger charge is 2.36. The van der Waals surface area contributed by atoms with E-state index in [1.54, 1.807) is 25.1 Å². The van der Waals surface area contributed by atoms with Gasteiger partial charge in [0.25, 0.3) is 5.91 Å². The Bertz CT molecular complexity index is 1150. The van der Waals surface area contributed by atoms with Crippen LogP contribution in [0.1, 0.15) is 43.4 Å². The molecule has 3 aliphatic heterocycles. The highest BCUT2D eigenvalue weighted by molar-refractivity contribution is 6.03. The summed E-state index contributed by atoms with van der Waals surface area (Å²) in [6.07, 6.45) is 1.94. The highest BCUT2D eigenvalue weighted by atomic mass is 19.1. The molecule has 3 heterocycles. The van der Waals surface area contributed by atoms with Gasteiger partial charge >= 0.3 is 5.97 Å². The maximum absolute atomic E-state index is 14.6. The van der Waals surface area contributed by atoms with E-state index in [-0.39, 0.29) is 36.9 Å². The predicted octanol–water partition coefficient (Wildman–Crippen LogP) is 3.51. The van der Waals surface area contributed by atoms with Crippen molar-refractivity contribution in [2.75, 3.05) is 33.0 Å². The van der Waals surface area contributed by atoms with Crippen molar-refractivity contribution in [2.24, 2.45) is 11.0 Å². The Labute approximate surface area is 203 Å². The van der Waals surface area contributed by atoms with Crippen LogP contribution in [0.4, 0.5) is 4.39 Å². The van der Waals surface area contributed by atoms with E-state index in [9.17, 15) is 14.0 Å². The molecule has 8 nitrogen and oxygen atoms in total. The number of halogens is 1. The Balaban J connectivity index is 1.38. The number of nitrogens with zero attached hydrogens (tertiary/aromatic N) is 3. The molecule has 0 unspecified atom stereocenters. The number of likely N-dealkylation sites (tertiary alicyclic amines) is 1. The van der Waals surface area contributed by atoms with Gasteiger partial charge in [-0.15, -0.1) is 0 Å². The zero-order valence-corrected chi connectivity index (χ0v) is 19.6. The first-order valence-electron chi connectivity index (χ1n) is 12.0. The van der Waals surface area contributed by atoms with Gasteiger partial charge in [-0.2, -0.15) is 5.10 Å². The van der Waals surface area contributed by atoms with E-state index in [1.165, 1.54) is 11.1 Å². The average Bonchev–Trinajstić information content (AvgIpc) is 3.51.